The van der Waals surface area contributed by atoms with E-state index in [0.29, 0.717) is 25.7 Å². The molecule has 0 spiro atoms. The molecule has 1 N–H and O–H groups in total. The molecule has 8 nitrogen and oxygen atoms in total. The van der Waals surface area contributed by atoms with E-state index >= 15 is 0 Å². The van der Waals surface area contributed by atoms with Crippen LogP contribution in [0.15, 0.2) is 0 Å². The first-order valence-corrected chi connectivity index (χ1v) is 9.25. The van der Waals surface area contributed by atoms with Crippen LogP contribution in [0.4, 0.5) is 9.59 Å². The second-order valence-corrected chi connectivity index (χ2v) is 7.01. The maximum absolute atomic E-state index is 12.1. The van der Waals surface area contributed by atoms with Crippen LogP contribution < -0.4 is 5.32 Å². The SMILES string of the molecule is CCN1CCC(NC(=O)OC2CCC(N3C(=O)COC3=O)CC2)CC1. The quantitative estimate of drug-likeness (QED) is 0.824. The molecule has 0 aromatic rings. The van der Waals surface area contributed by atoms with Crippen molar-refractivity contribution < 1.29 is 23.9 Å². The number of carbonyl (C=O) groups excluding carboxylic acids is 3. The smallest absolute Gasteiger partial charge is 0.417 e. The largest absolute Gasteiger partial charge is 0.446 e. The van der Waals surface area contributed by atoms with Gasteiger partial charge in [-0.05, 0) is 45.1 Å². The Morgan fingerprint density at radius 1 is 1.16 bits per heavy atom. The highest BCUT2D eigenvalue weighted by Gasteiger charge is 2.39. The van der Waals surface area contributed by atoms with E-state index in [1.165, 1.54) is 4.90 Å². The molecule has 0 aromatic heterocycles. The molecule has 1 saturated carbocycles. The summed E-state index contributed by atoms with van der Waals surface area (Å²) in [6, 6.07) is 0.0485. The number of piperidine rings is 1. The highest BCUT2D eigenvalue weighted by Crippen LogP contribution is 2.27. The van der Waals surface area contributed by atoms with Gasteiger partial charge >= 0.3 is 12.2 Å². The molecule has 0 unspecified atom stereocenters. The molecule has 2 heterocycles. The Hall–Kier alpha value is -1.83. The van der Waals surface area contributed by atoms with E-state index in [2.05, 4.69) is 17.1 Å². The second kappa shape index (κ2) is 8.03. The Morgan fingerprint density at radius 2 is 1.84 bits per heavy atom. The van der Waals surface area contributed by atoms with Gasteiger partial charge in [-0.1, -0.05) is 6.92 Å². The van der Waals surface area contributed by atoms with Crippen molar-refractivity contribution in [3.63, 3.8) is 0 Å². The molecule has 3 fully saturated rings. The summed E-state index contributed by atoms with van der Waals surface area (Å²) in [6.45, 7) is 5.05. The highest BCUT2D eigenvalue weighted by atomic mass is 16.6. The minimum Gasteiger partial charge on any atom is -0.446 e. The number of nitrogens with one attached hydrogen (secondary N) is 1. The van der Waals surface area contributed by atoms with Gasteiger partial charge in [0.15, 0.2) is 6.61 Å². The molecule has 25 heavy (non-hydrogen) atoms. The lowest BCUT2D eigenvalue weighted by Crippen LogP contribution is -2.46. The lowest BCUT2D eigenvalue weighted by atomic mass is 9.92. The zero-order valence-electron chi connectivity index (χ0n) is 14.7. The van der Waals surface area contributed by atoms with Crippen LogP contribution >= 0.6 is 0 Å². The van der Waals surface area contributed by atoms with Gasteiger partial charge in [0.25, 0.3) is 5.91 Å². The van der Waals surface area contributed by atoms with Crippen molar-refractivity contribution in [3.05, 3.63) is 0 Å². The first kappa shape index (κ1) is 18.0. The molecule has 0 radical (unpaired) electrons. The summed E-state index contributed by atoms with van der Waals surface area (Å²) in [5, 5.41) is 2.96. The van der Waals surface area contributed by atoms with Crippen LogP contribution in [0.25, 0.3) is 0 Å². The van der Waals surface area contributed by atoms with Crippen LogP contribution in [0.5, 0.6) is 0 Å². The van der Waals surface area contributed by atoms with Crippen molar-refractivity contribution in [1.29, 1.82) is 0 Å². The number of alkyl carbamates (subject to hydrolysis) is 1. The van der Waals surface area contributed by atoms with Gasteiger partial charge in [0.2, 0.25) is 0 Å². The molecule has 3 amide bonds. The van der Waals surface area contributed by atoms with E-state index in [1.54, 1.807) is 0 Å². The summed E-state index contributed by atoms with van der Waals surface area (Å²) >= 11 is 0. The predicted molar refractivity (Wildman–Crippen MR) is 89.0 cm³/mol. The van der Waals surface area contributed by atoms with E-state index in [9.17, 15) is 14.4 Å². The molecule has 0 bridgehead atoms. The predicted octanol–water partition coefficient (Wildman–Crippen LogP) is 1.49. The third-order valence-corrected chi connectivity index (χ3v) is 5.42. The van der Waals surface area contributed by atoms with Crippen molar-refractivity contribution in [3.8, 4) is 0 Å². The van der Waals surface area contributed by atoms with E-state index in [4.69, 9.17) is 9.47 Å². The van der Waals surface area contributed by atoms with E-state index in [1.807, 2.05) is 0 Å². The number of imide groups is 1. The number of amides is 3. The summed E-state index contributed by atoms with van der Waals surface area (Å²) in [5.74, 6) is -0.273. The molecule has 3 aliphatic rings. The maximum atomic E-state index is 12.1. The lowest BCUT2D eigenvalue weighted by molar-refractivity contribution is -0.128. The third kappa shape index (κ3) is 4.42. The van der Waals surface area contributed by atoms with Crippen LogP contribution in [0.2, 0.25) is 0 Å². The first-order chi connectivity index (χ1) is 12.1. The van der Waals surface area contributed by atoms with E-state index in [-0.39, 0.29) is 36.8 Å². The zero-order valence-corrected chi connectivity index (χ0v) is 14.7. The van der Waals surface area contributed by atoms with Gasteiger partial charge < -0.3 is 19.7 Å². The molecule has 0 atom stereocenters. The molecule has 3 rings (SSSR count). The number of carbonyl (C=O) groups is 3. The van der Waals surface area contributed by atoms with Gasteiger partial charge in [-0.3, -0.25) is 4.79 Å². The number of hydrogen-bond donors (Lipinski definition) is 1. The molecule has 140 valence electrons. The second-order valence-electron chi connectivity index (χ2n) is 7.01. The number of nitrogens with zero attached hydrogens (tertiary/aromatic N) is 2. The molecule has 8 heteroatoms. The number of cyclic esters (lactones) is 1. The minimum atomic E-state index is -0.550. The summed E-state index contributed by atoms with van der Waals surface area (Å²) in [4.78, 5) is 39.0. The molecule has 2 aliphatic heterocycles. The fraction of sp³-hybridized carbons (Fsp3) is 0.824. The van der Waals surface area contributed by atoms with E-state index < -0.39 is 6.09 Å². The van der Waals surface area contributed by atoms with Crippen molar-refractivity contribution >= 4 is 18.1 Å². The van der Waals surface area contributed by atoms with E-state index in [0.717, 1.165) is 32.5 Å². The molecule has 0 aromatic carbocycles. The summed E-state index contributed by atoms with van der Waals surface area (Å²) in [6.07, 6.45) is 3.46. The van der Waals surface area contributed by atoms with Crippen molar-refractivity contribution in [2.45, 2.75) is 63.6 Å². The monoisotopic (exact) mass is 353 g/mol. The van der Waals surface area contributed by atoms with Gasteiger partial charge in [-0.15, -0.1) is 0 Å². The van der Waals surface area contributed by atoms with Gasteiger partial charge in [0.1, 0.15) is 6.10 Å². The van der Waals surface area contributed by atoms with Gasteiger partial charge in [0, 0.05) is 25.2 Å². The van der Waals surface area contributed by atoms with Crippen molar-refractivity contribution in [2.75, 3.05) is 26.2 Å². The summed E-state index contributed by atoms with van der Waals surface area (Å²) in [5.41, 5.74) is 0. The van der Waals surface area contributed by atoms with Crippen molar-refractivity contribution in [2.24, 2.45) is 0 Å². The average molecular weight is 353 g/mol. The van der Waals surface area contributed by atoms with Crippen LogP contribution in [0.3, 0.4) is 0 Å². The standard InChI is InChI=1S/C17H27N3O5/c1-2-19-9-7-12(8-10-19)18-16(22)25-14-5-3-13(4-6-14)20-15(21)11-24-17(20)23/h12-14H,2-11H2,1H3,(H,18,22). The Morgan fingerprint density at radius 3 is 2.40 bits per heavy atom. The average Bonchev–Trinajstić information content (AvgIpc) is 2.95. The van der Waals surface area contributed by atoms with Crippen molar-refractivity contribution in [1.82, 2.24) is 15.1 Å². The summed E-state index contributed by atoms with van der Waals surface area (Å²) in [7, 11) is 0. The fourth-order valence-electron chi connectivity index (χ4n) is 3.88. The number of rotatable bonds is 4. The number of hydrogen-bond acceptors (Lipinski definition) is 6. The Balaban J connectivity index is 1.38. The topological polar surface area (TPSA) is 88.2 Å². The van der Waals surface area contributed by atoms with Crippen LogP contribution in [0, 0.1) is 0 Å². The van der Waals surface area contributed by atoms with Crippen LogP contribution in [-0.2, 0) is 14.3 Å². The van der Waals surface area contributed by atoms with Gasteiger partial charge in [-0.2, -0.15) is 0 Å². The summed E-state index contributed by atoms with van der Waals surface area (Å²) < 4.78 is 10.3. The van der Waals surface area contributed by atoms with Gasteiger partial charge in [0.05, 0.1) is 0 Å². The third-order valence-electron chi connectivity index (χ3n) is 5.42. The maximum Gasteiger partial charge on any atom is 0.417 e. The van der Waals surface area contributed by atoms with Crippen LogP contribution in [0.1, 0.15) is 45.4 Å². The molecule has 1 aliphatic carbocycles. The minimum absolute atomic E-state index is 0.135. The Kier molecular flexibility index (Phi) is 5.78. The van der Waals surface area contributed by atoms with Gasteiger partial charge in [-0.25, -0.2) is 14.5 Å². The number of likely N-dealkylation sites (tertiary alicyclic amines) is 1. The first-order valence-electron chi connectivity index (χ1n) is 9.25. The molecule has 2 saturated heterocycles. The highest BCUT2D eigenvalue weighted by molar-refractivity contribution is 5.98. The number of ether oxygens (including phenoxy) is 2. The Labute approximate surface area is 147 Å². The zero-order chi connectivity index (χ0) is 17.8. The Bertz CT molecular complexity index is 494. The molecular weight excluding hydrogens is 326 g/mol. The normalized spacial score (nSPS) is 28.8. The fourth-order valence-corrected chi connectivity index (χ4v) is 3.88. The molecular formula is C17H27N3O5. The lowest BCUT2D eigenvalue weighted by Gasteiger charge is -2.33. The van der Waals surface area contributed by atoms with Crippen LogP contribution in [-0.4, -0.2) is 72.3 Å².